The SMILES string of the molecule is CC/C=C/COOOSc1c(C)cc(C)cc1C.CCN(CCCCN(C/C=C/CN(CCCCN(CC)S(=O)(=O)c1c(C)cc(C)cc1C)S(O)(O)c1c(C)cc(C)cc1C)S(=O)(=O)c1c(C)cc(C)cc1C)S(O)(O)c1c(C)cc(C)cc1C.CCN(CCCCNS(=O)(=O)c1c(C)cc(C)cc1C)S(=O)(=O)c1c(C)cc(C)cc1C. The van der Waals surface area contributed by atoms with Crippen LogP contribution in [-0.4, -0.2) is 152 Å². The second-order valence-electron chi connectivity index (χ2n) is 31.3. The van der Waals surface area contributed by atoms with Gasteiger partial charge in [0, 0.05) is 76.9 Å². The summed E-state index contributed by atoms with van der Waals surface area (Å²) in [6.07, 6.45) is 11.4. The third-order valence-electron chi connectivity index (χ3n) is 20.4. The fourth-order valence-electron chi connectivity index (χ4n) is 16.0. The molecule has 7 aromatic rings. The molecule has 0 spiro atoms. The van der Waals surface area contributed by atoms with Gasteiger partial charge in [-0.25, -0.2) is 47.6 Å². The highest BCUT2D eigenvalue weighted by Gasteiger charge is 2.34. The number of benzene rings is 7. The van der Waals surface area contributed by atoms with Crippen molar-refractivity contribution in [2.24, 2.45) is 0 Å². The quantitative estimate of drug-likeness (QED) is 0.00783. The number of sulfonamides is 4. The molecule has 0 aliphatic carbocycles. The molecular formula is C90H136N6O15S7. The van der Waals surface area contributed by atoms with Gasteiger partial charge in [-0.05, 0) is 268 Å². The number of aryl methyl sites for hydroxylation is 21. The summed E-state index contributed by atoms with van der Waals surface area (Å²) in [5, 5.41) is 4.64. The van der Waals surface area contributed by atoms with Crippen LogP contribution in [-0.2, 0) is 54.4 Å². The molecule has 0 amide bonds. The maximum Gasteiger partial charge on any atom is 0.243 e. The molecule has 7 aromatic carbocycles. The van der Waals surface area contributed by atoms with E-state index in [1.54, 1.807) is 48.5 Å². The molecular weight excluding hydrogens is 1630 g/mol. The molecule has 0 atom stereocenters. The molecule has 0 aliphatic heterocycles. The monoisotopic (exact) mass is 1760 g/mol. The van der Waals surface area contributed by atoms with E-state index in [2.05, 4.69) is 49.6 Å². The van der Waals surface area contributed by atoms with E-state index in [-0.39, 0.29) is 50.7 Å². The highest BCUT2D eigenvalue weighted by atomic mass is 32.3. The van der Waals surface area contributed by atoms with E-state index in [1.807, 2.05) is 203 Å². The highest BCUT2D eigenvalue weighted by Crippen LogP contribution is 2.56. The molecule has 0 radical (unpaired) electrons. The molecule has 118 heavy (non-hydrogen) atoms. The molecule has 0 saturated heterocycles. The van der Waals surface area contributed by atoms with Gasteiger partial charge in [-0.3, -0.25) is 18.2 Å². The van der Waals surface area contributed by atoms with Gasteiger partial charge in [0.05, 0.1) is 41.4 Å². The summed E-state index contributed by atoms with van der Waals surface area (Å²) in [6.45, 7) is 50.6. The van der Waals surface area contributed by atoms with Crippen LogP contribution in [0.5, 0.6) is 0 Å². The highest BCUT2D eigenvalue weighted by molar-refractivity contribution is 8.22. The van der Waals surface area contributed by atoms with E-state index in [1.165, 1.54) is 41.6 Å². The molecule has 0 saturated carbocycles. The first-order valence-corrected chi connectivity index (χ1v) is 50.2. The second-order valence-corrected chi connectivity index (χ2v) is 43.2. The van der Waals surface area contributed by atoms with Gasteiger partial charge in [0.25, 0.3) is 0 Å². The van der Waals surface area contributed by atoms with Crippen LogP contribution in [0.1, 0.15) is 189 Å². The predicted molar refractivity (Wildman–Crippen MR) is 489 cm³/mol. The zero-order valence-corrected chi connectivity index (χ0v) is 80.4. The number of nitrogens with one attached hydrogen (secondary N) is 1. The lowest BCUT2D eigenvalue weighted by molar-refractivity contribution is -0.455. The average Bonchev–Trinajstić information content (AvgIpc) is 0.809. The Morgan fingerprint density at radius 2 is 0.585 bits per heavy atom. The fourth-order valence-corrected chi connectivity index (χ4v) is 27.6. The summed E-state index contributed by atoms with van der Waals surface area (Å²) in [7, 11) is -21.9. The van der Waals surface area contributed by atoms with Crippen LogP contribution in [0.3, 0.4) is 0 Å². The minimum atomic E-state index is -4.01. The Morgan fingerprint density at radius 1 is 0.322 bits per heavy atom. The predicted octanol–water partition coefficient (Wildman–Crippen LogP) is 21.1. The van der Waals surface area contributed by atoms with E-state index in [4.69, 9.17) is 9.22 Å². The first kappa shape index (κ1) is 103. The number of unbranched alkanes of at least 4 members (excludes halogenated alkanes) is 3. The first-order chi connectivity index (χ1) is 55.1. The molecule has 0 aliphatic rings. The van der Waals surface area contributed by atoms with Crippen molar-refractivity contribution < 1.29 is 66.1 Å². The Hall–Kier alpha value is -5.65. The Labute approximate surface area is 717 Å². The van der Waals surface area contributed by atoms with Crippen molar-refractivity contribution in [2.45, 2.75) is 252 Å². The molecule has 5 N–H and O–H groups in total. The summed E-state index contributed by atoms with van der Waals surface area (Å²) in [5.74, 6) is 0. The Balaban J connectivity index is 0.000000403. The van der Waals surface area contributed by atoms with Gasteiger partial charge in [0.1, 0.15) is 6.61 Å². The molecule has 28 heteroatoms. The number of rotatable bonds is 41. The van der Waals surface area contributed by atoms with Gasteiger partial charge < -0.3 is 0 Å². The lowest BCUT2D eigenvalue weighted by Crippen LogP contribution is -2.35. The number of hydrogen-bond acceptors (Lipinski definition) is 18. The van der Waals surface area contributed by atoms with Crippen molar-refractivity contribution in [1.82, 2.24) is 26.2 Å². The topological polar surface area (TPSA) is 273 Å². The summed E-state index contributed by atoms with van der Waals surface area (Å²) in [4.78, 5) is 8.14. The Morgan fingerprint density at radius 3 is 0.915 bits per heavy atom. The van der Waals surface area contributed by atoms with Crippen molar-refractivity contribution in [3.8, 4) is 0 Å². The van der Waals surface area contributed by atoms with Gasteiger partial charge in [-0.1, -0.05) is 181 Å². The van der Waals surface area contributed by atoms with Gasteiger partial charge >= 0.3 is 0 Å². The zero-order valence-electron chi connectivity index (χ0n) is 74.7. The van der Waals surface area contributed by atoms with Crippen LogP contribution in [0.25, 0.3) is 0 Å². The molecule has 0 unspecified atom stereocenters. The molecule has 21 nitrogen and oxygen atoms in total. The third-order valence-corrected chi connectivity index (χ3v) is 34.4. The van der Waals surface area contributed by atoms with Crippen molar-refractivity contribution in [1.29, 1.82) is 0 Å². The van der Waals surface area contributed by atoms with E-state index in [0.717, 1.165) is 89.2 Å². The van der Waals surface area contributed by atoms with Gasteiger partial charge in [0.15, 0.2) is 0 Å². The van der Waals surface area contributed by atoms with Crippen LogP contribution < -0.4 is 4.72 Å². The van der Waals surface area contributed by atoms with E-state index < -0.39 is 61.6 Å². The van der Waals surface area contributed by atoms with Crippen LogP contribution in [0.15, 0.2) is 144 Å². The van der Waals surface area contributed by atoms with Gasteiger partial charge in [0.2, 0.25) is 40.1 Å². The minimum Gasteiger partial charge on any atom is -0.281 e. The number of nitrogens with zero attached hydrogens (tertiary/aromatic N) is 5. The van der Waals surface area contributed by atoms with Crippen LogP contribution >= 0.6 is 33.6 Å². The normalized spacial score (nSPS) is 12.9. The smallest absolute Gasteiger partial charge is 0.243 e. The summed E-state index contributed by atoms with van der Waals surface area (Å²) in [6, 6.07) is 27.0. The number of allylic oxidation sites excluding steroid dienone is 1. The van der Waals surface area contributed by atoms with Crippen molar-refractivity contribution in [2.75, 3.05) is 78.6 Å². The lowest BCUT2D eigenvalue weighted by atomic mass is 10.1. The van der Waals surface area contributed by atoms with Gasteiger partial charge in [-0.2, -0.15) is 17.2 Å². The molecule has 0 fully saturated rings. The molecule has 0 bridgehead atoms. The van der Waals surface area contributed by atoms with Crippen molar-refractivity contribution >= 4 is 73.7 Å². The lowest BCUT2D eigenvalue weighted by Gasteiger charge is -2.44. The van der Waals surface area contributed by atoms with Crippen LogP contribution in [0, 0.1) is 145 Å². The van der Waals surface area contributed by atoms with E-state index >= 15 is 0 Å². The Bertz CT molecular complexity index is 4950. The summed E-state index contributed by atoms with van der Waals surface area (Å²) < 4.78 is 172. The fraction of sp³-hybridized carbons (Fsp3) is 0.489. The van der Waals surface area contributed by atoms with Crippen molar-refractivity contribution in [3.63, 3.8) is 0 Å². The summed E-state index contributed by atoms with van der Waals surface area (Å²) >= 11 is 1.17. The second kappa shape index (κ2) is 46.2. The van der Waals surface area contributed by atoms with E-state index in [0.29, 0.717) is 118 Å². The molecule has 7 rings (SSSR count). The maximum atomic E-state index is 14.6. The first-order valence-electron chi connectivity index (χ1n) is 40.6. The van der Waals surface area contributed by atoms with Crippen LogP contribution in [0.4, 0.5) is 0 Å². The van der Waals surface area contributed by atoms with E-state index in [9.17, 15) is 51.9 Å². The average molecular weight is 1770 g/mol. The minimum absolute atomic E-state index is 0.0142. The standard InChI is InChI=1S/C52H80N4O8S4.C24H36N2O4S2.C14H20O3S/c1-15-53(65(57,58)49-41(7)29-37(3)30-42(49)8)23-17-19-25-55(67(61,62)51-45(11)33-39(5)34-46(51)12)27-21-22-28-56(68(63,64)52-47(13)35-40(6)36-48(52)14)26-20-18-24-54(16-2)66(59,60)50-43(9)31-38(4)32-44(50)10;1-8-26(32(29,30)24-21(6)15-18(3)16-22(24)7)12-10-9-11-25-31(27,28)23-19(4)13-17(2)14-20(23)5;1-5-6-7-8-15-16-17-18-14-12(3)9-11(2)10-13(14)4/h21-22,29-36,57-58,63-64H,15-20,23-28H2,1-14H3;13-16,25H,8-12H2,1-7H3;6-7,9-10H,5,8H2,1-4H3/b22-21+;;7-6+. The Kier molecular flexibility index (Phi) is 40.3. The van der Waals surface area contributed by atoms with Crippen molar-refractivity contribution in [3.05, 3.63) is 226 Å². The molecule has 0 aromatic heterocycles. The van der Waals surface area contributed by atoms with Gasteiger partial charge in [-0.15, -0.1) is 25.9 Å². The molecule has 658 valence electrons. The zero-order chi connectivity index (χ0) is 88.8. The van der Waals surface area contributed by atoms with Crippen LogP contribution in [0.2, 0.25) is 0 Å². The molecule has 0 heterocycles. The largest absolute Gasteiger partial charge is 0.281 e. The maximum absolute atomic E-state index is 14.6. The summed E-state index contributed by atoms with van der Waals surface area (Å²) in [5.41, 5.74) is 18.4. The third kappa shape index (κ3) is 27.9. The number of hydrogen-bond donors (Lipinski definition) is 5.